The Morgan fingerprint density at radius 3 is 2.33 bits per heavy atom. The normalized spacial score (nSPS) is 17.7. The van der Waals surface area contributed by atoms with Gasteiger partial charge in [-0.15, -0.1) is 0 Å². The zero-order valence-electron chi connectivity index (χ0n) is 13.2. The maximum absolute atomic E-state index is 13.0. The van der Waals surface area contributed by atoms with Crippen LogP contribution < -0.4 is 14.8 Å². The third-order valence-corrected chi connectivity index (χ3v) is 5.50. The van der Waals surface area contributed by atoms with Gasteiger partial charge in [-0.3, -0.25) is 4.79 Å². The van der Waals surface area contributed by atoms with E-state index < -0.39 is 5.41 Å². The number of fused-ring (bicyclic) bond motifs is 1. The molecule has 0 atom stereocenters. The van der Waals surface area contributed by atoms with Gasteiger partial charge in [-0.25, -0.2) is 0 Å². The Balaban J connectivity index is 1.62. The van der Waals surface area contributed by atoms with E-state index in [9.17, 15) is 4.79 Å². The fraction of sp³-hybridized carbons (Fsp3) is 0.316. The summed E-state index contributed by atoms with van der Waals surface area (Å²) in [6.45, 7) is 1.07. The molecule has 0 radical (unpaired) electrons. The summed E-state index contributed by atoms with van der Waals surface area (Å²) in [5.41, 5.74) is 1.38. The molecule has 2 aromatic rings. The molecule has 0 spiro atoms. The van der Waals surface area contributed by atoms with E-state index in [-0.39, 0.29) is 5.91 Å². The van der Waals surface area contributed by atoms with Gasteiger partial charge in [0.15, 0.2) is 11.5 Å². The van der Waals surface area contributed by atoms with Crippen LogP contribution in [0.15, 0.2) is 46.9 Å². The number of nitrogens with one attached hydrogen (secondary N) is 1. The number of carbonyl (C=O) groups is 1. The van der Waals surface area contributed by atoms with Crippen molar-refractivity contribution in [3.8, 4) is 11.5 Å². The van der Waals surface area contributed by atoms with Gasteiger partial charge in [-0.2, -0.15) is 0 Å². The van der Waals surface area contributed by atoms with E-state index in [2.05, 4.69) is 21.2 Å². The number of hydrogen-bond donors (Lipinski definition) is 1. The number of hydrogen-bond acceptors (Lipinski definition) is 3. The molecule has 0 bridgehead atoms. The van der Waals surface area contributed by atoms with Crippen molar-refractivity contribution in [3.05, 3.63) is 52.5 Å². The molecule has 4 nitrogen and oxygen atoms in total. The Morgan fingerprint density at radius 2 is 1.71 bits per heavy atom. The zero-order chi connectivity index (χ0) is 16.6. The molecule has 1 N–H and O–H groups in total. The van der Waals surface area contributed by atoms with Gasteiger partial charge in [0.2, 0.25) is 5.91 Å². The lowest BCUT2D eigenvalue weighted by molar-refractivity contribution is -0.124. The fourth-order valence-corrected chi connectivity index (χ4v) is 3.76. The van der Waals surface area contributed by atoms with Gasteiger partial charge in [0, 0.05) is 16.6 Å². The Morgan fingerprint density at radius 1 is 1.04 bits per heavy atom. The Hall–Kier alpha value is -2.01. The van der Waals surface area contributed by atoms with Crippen molar-refractivity contribution in [2.45, 2.75) is 24.7 Å². The summed E-state index contributed by atoms with van der Waals surface area (Å²) in [6.07, 6.45) is 2.83. The summed E-state index contributed by atoms with van der Waals surface area (Å²) in [5.74, 6) is 1.41. The molecule has 0 unspecified atom stereocenters. The fourth-order valence-electron chi connectivity index (χ4n) is 3.34. The molecule has 4 rings (SSSR count). The Bertz CT molecular complexity index is 772. The molecule has 1 fully saturated rings. The molecule has 124 valence electrons. The minimum Gasteiger partial charge on any atom is -0.486 e. The largest absolute Gasteiger partial charge is 0.486 e. The summed E-state index contributed by atoms with van der Waals surface area (Å²) >= 11 is 3.52. The highest BCUT2D eigenvalue weighted by molar-refractivity contribution is 9.10. The van der Waals surface area contributed by atoms with Crippen LogP contribution in [-0.4, -0.2) is 19.1 Å². The third kappa shape index (κ3) is 2.57. The van der Waals surface area contributed by atoms with Gasteiger partial charge in [0.25, 0.3) is 0 Å². The molecule has 5 heteroatoms. The van der Waals surface area contributed by atoms with E-state index in [4.69, 9.17) is 9.47 Å². The van der Waals surface area contributed by atoms with Crippen molar-refractivity contribution in [2.75, 3.05) is 18.5 Å². The summed E-state index contributed by atoms with van der Waals surface area (Å²) in [6, 6.07) is 13.7. The van der Waals surface area contributed by atoms with Crippen LogP contribution in [0.4, 0.5) is 5.69 Å². The van der Waals surface area contributed by atoms with E-state index in [1.807, 2.05) is 42.5 Å². The average Bonchev–Trinajstić information content (AvgIpc) is 2.55. The van der Waals surface area contributed by atoms with Crippen LogP contribution >= 0.6 is 15.9 Å². The molecule has 2 aliphatic rings. The van der Waals surface area contributed by atoms with E-state index in [1.54, 1.807) is 0 Å². The first-order valence-electron chi connectivity index (χ1n) is 8.15. The summed E-state index contributed by atoms with van der Waals surface area (Å²) in [7, 11) is 0. The standard InChI is InChI=1S/C19H18BrNO3/c20-14-11-16-17(24-10-9-23-16)12-15(14)21-18(22)19(7-4-8-19)13-5-2-1-3-6-13/h1-3,5-6,11-12H,4,7-10H2,(H,21,22). The molecule has 2 aromatic carbocycles. The maximum atomic E-state index is 13.0. The van der Waals surface area contributed by atoms with Crippen LogP contribution in [0.5, 0.6) is 11.5 Å². The van der Waals surface area contributed by atoms with Crippen molar-refractivity contribution in [2.24, 2.45) is 0 Å². The van der Waals surface area contributed by atoms with Crippen LogP contribution in [0.3, 0.4) is 0 Å². The van der Waals surface area contributed by atoms with Gasteiger partial charge in [0.1, 0.15) is 13.2 Å². The number of benzene rings is 2. The highest BCUT2D eigenvalue weighted by Gasteiger charge is 2.45. The highest BCUT2D eigenvalue weighted by Crippen LogP contribution is 2.45. The lowest BCUT2D eigenvalue weighted by atomic mass is 9.64. The molecular formula is C19H18BrNO3. The first kappa shape index (κ1) is 15.5. The van der Waals surface area contributed by atoms with Crippen LogP contribution in [0, 0.1) is 0 Å². The van der Waals surface area contributed by atoms with Crippen LogP contribution in [-0.2, 0) is 10.2 Å². The SMILES string of the molecule is O=C(Nc1cc2c(cc1Br)OCCO2)C1(c2ccccc2)CCC1. The summed E-state index contributed by atoms with van der Waals surface area (Å²) in [4.78, 5) is 13.0. The number of halogens is 1. The van der Waals surface area contributed by atoms with E-state index in [0.29, 0.717) is 30.4 Å². The first-order chi connectivity index (χ1) is 11.7. The van der Waals surface area contributed by atoms with Crippen molar-refractivity contribution >= 4 is 27.5 Å². The molecule has 1 aliphatic heterocycles. The molecule has 1 aliphatic carbocycles. The molecule has 0 saturated heterocycles. The van der Waals surface area contributed by atoms with Gasteiger partial charge in [0.05, 0.1) is 11.1 Å². The number of anilines is 1. The van der Waals surface area contributed by atoms with Crippen LogP contribution in [0.1, 0.15) is 24.8 Å². The van der Waals surface area contributed by atoms with Crippen molar-refractivity contribution in [3.63, 3.8) is 0 Å². The second kappa shape index (κ2) is 6.13. The third-order valence-electron chi connectivity index (χ3n) is 4.85. The van der Waals surface area contributed by atoms with E-state index >= 15 is 0 Å². The molecule has 1 heterocycles. The lowest BCUT2D eigenvalue weighted by Crippen LogP contribution is -2.46. The molecule has 1 amide bonds. The molecule has 1 saturated carbocycles. The molecule has 0 aromatic heterocycles. The summed E-state index contributed by atoms with van der Waals surface area (Å²) < 4.78 is 12.0. The predicted octanol–water partition coefficient (Wildman–Crippen LogP) is 4.28. The van der Waals surface area contributed by atoms with E-state index in [1.165, 1.54) is 0 Å². The number of rotatable bonds is 3. The number of amides is 1. The van der Waals surface area contributed by atoms with Crippen molar-refractivity contribution in [1.82, 2.24) is 0 Å². The Kier molecular flexibility index (Phi) is 3.96. The number of carbonyl (C=O) groups excluding carboxylic acids is 1. The Labute approximate surface area is 149 Å². The predicted molar refractivity (Wildman–Crippen MR) is 95.7 cm³/mol. The second-order valence-corrected chi connectivity index (χ2v) is 7.09. The number of ether oxygens (including phenoxy) is 2. The lowest BCUT2D eigenvalue weighted by Gasteiger charge is -2.40. The van der Waals surface area contributed by atoms with E-state index in [0.717, 1.165) is 29.3 Å². The topological polar surface area (TPSA) is 47.6 Å². The molecular weight excluding hydrogens is 370 g/mol. The quantitative estimate of drug-likeness (QED) is 0.854. The average molecular weight is 388 g/mol. The van der Waals surface area contributed by atoms with Crippen LogP contribution in [0.25, 0.3) is 0 Å². The van der Waals surface area contributed by atoms with Crippen molar-refractivity contribution in [1.29, 1.82) is 0 Å². The monoisotopic (exact) mass is 387 g/mol. The van der Waals surface area contributed by atoms with Gasteiger partial charge >= 0.3 is 0 Å². The first-order valence-corrected chi connectivity index (χ1v) is 8.94. The van der Waals surface area contributed by atoms with Gasteiger partial charge < -0.3 is 14.8 Å². The zero-order valence-corrected chi connectivity index (χ0v) is 14.8. The van der Waals surface area contributed by atoms with Crippen molar-refractivity contribution < 1.29 is 14.3 Å². The van der Waals surface area contributed by atoms with Gasteiger partial charge in [-0.05, 0) is 34.3 Å². The minimum atomic E-state index is -0.423. The highest BCUT2D eigenvalue weighted by atomic mass is 79.9. The molecule has 24 heavy (non-hydrogen) atoms. The smallest absolute Gasteiger partial charge is 0.235 e. The minimum absolute atomic E-state index is 0.0392. The summed E-state index contributed by atoms with van der Waals surface area (Å²) in [5, 5.41) is 3.08. The second-order valence-electron chi connectivity index (χ2n) is 6.23. The maximum Gasteiger partial charge on any atom is 0.235 e. The van der Waals surface area contributed by atoms with Gasteiger partial charge in [-0.1, -0.05) is 36.8 Å². The van der Waals surface area contributed by atoms with Crippen LogP contribution in [0.2, 0.25) is 0 Å².